The molecule has 0 aromatic rings. The van der Waals surface area contributed by atoms with E-state index in [-0.39, 0.29) is 72.7 Å². The monoisotopic (exact) mass is 434 g/mol. The van der Waals surface area contributed by atoms with E-state index in [0.29, 0.717) is 19.3 Å². The van der Waals surface area contributed by atoms with Gasteiger partial charge in [-0.1, -0.05) is 45.9 Å². The topological polar surface area (TPSA) is 93.1 Å². The largest absolute Gasteiger partial charge is 0.462 e. The highest BCUT2D eigenvalue weighted by molar-refractivity contribution is 5.72. The second kappa shape index (κ2) is 10.3. The molecule has 1 aliphatic heterocycles. The summed E-state index contributed by atoms with van der Waals surface area (Å²) < 4.78 is 11.6. The summed E-state index contributed by atoms with van der Waals surface area (Å²) in [5.74, 6) is -0.281. The SMILES string of the molecule is CCC(C)C(=O)O[C@H]1[C@H](CO)[C@@H](C)C=C2C=C[C@H](C)[C@H](CC[C@@H]3C[C@@H](O)CC(=O)O3)[C@H]21. The Morgan fingerprint density at radius 3 is 2.65 bits per heavy atom. The van der Waals surface area contributed by atoms with Gasteiger partial charge in [0.15, 0.2) is 0 Å². The zero-order valence-corrected chi connectivity index (χ0v) is 19.2. The number of carbonyl (C=O) groups excluding carboxylic acids is 2. The molecular weight excluding hydrogens is 396 g/mol. The molecule has 2 aliphatic carbocycles. The Kier molecular flexibility index (Phi) is 7.98. The van der Waals surface area contributed by atoms with Crippen LogP contribution in [0, 0.1) is 35.5 Å². The number of fused-ring (bicyclic) bond motifs is 1. The molecule has 0 aromatic heterocycles. The van der Waals surface area contributed by atoms with Gasteiger partial charge >= 0.3 is 11.9 Å². The van der Waals surface area contributed by atoms with E-state index in [0.717, 1.165) is 6.42 Å². The second-order valence-corrected chi connectivity index (χ2v) is 9.77. The summed E-state index contributed by atoms with van der Waals surface area (Å²) >= 11 is 0. The average Bonchev–Trinajstić information content (AvgIpc) is 2.72. The quantitative estimate of drug-likeness (QED) is 0.597. The number of hydrogen-bond acceptors (Lipinski definition) is 6. The van der Waals surface area contributed by atoms with Crippen LogP contribution in [0.15, 0.2) is 23.8 Å². The number of allylic oxidation sites excluding steroid dienone is 3. The predicted octanol–water partition coefficient (Wildman–Crippen LogP) is 3.41. The normalized spacial score (nSPS) is 38.6. The first-order valence-electron chi connectivity index (χ1n) is 11.8. The van der Waals surface area contributed by atoms with Gasteiger partial charge in [-0.2, -0.15) is 0 Å². The minimum atomic E-state index is -0.635. The smallest absolute Gasteiger partial charge is 0.308 e. The van der Waals surface area contributed by atoms with Crippen LogP contribution in [0.4, 0.5) is 0 Å². The minimum absolute atomic E-state index is 0.00516. The molecule has 6 nitrogen and oxygen atoms in total. The highest BCUT2D eigenvalue weighted by Gasteiger charge is 2.46. The standard InChI is InChI=1S/C25H38O6/c1-5-14(2)25(29)31-24-21(13-26)16(4)10-17-7-6-15(3)20(23(17)24)9-8-19-11-18(27)12-22(28)30-19/h6-7,10,14-16,18-21,23-24,26-27H,5,8-9,11-13H2,1-4H3/t14?,15-,16-,18+,19+,20-,21+,23-,24-/m0/s1. The summed E-state index contributed by atoms with van der Waals surface area (Å²) in [5, 5.41) is 20.1. The molecule has 2 N–H and O–H groups in total. The van der Waals surface area contributed by atoms with Crippen LogP contribution in [0.25, 0.3) is 0 Å². The van der Waals surface area contributed by atoms with Gasteiger partial charge in [0.05, 0.1) is 18.4 Å². The third-order valence-corrected chi connectivity index (χ3v) is 7.56. The molecule has 3 rings (SSSR count). The van der Waals surface area contributed by atoms with Crippen molar-refractivity contribution >= 4 is 11.9 Å². The molecule has 1 unspecified atom stereocenters. The lowest BCUT2D eigenvalue weighted by molar-refractivity contribution is -0.166. The van der Waals surface area contributed by atoms with E-state index < -0.39 is 6.10 Å². The lowest BCUT2D eigenvalue weighted by atomic mass is 9.62. The molecule has 0 aromatic carbocycles. The van der Waals surface area contributed by atoms with Gasteiger partial charge in [0.2, 0.25) is 0 Å². The Morgan fingerprint density at radius 2 is 2.00 bits per heavy atom. The number of aliphatic hydroxyl groups excluding tert-OH is 2. The van der Waals surface area contributed by atoms with Crippen LogP contribution in [0.2, 0.25) is 0 Å². The van der Waals surface area contributed by atoms with Crippen LogP contribution >= 0.6 is 0 Å². The van der Waals surface area contributed by atoms with E-state index in [1.165, 1.54) is 5.57 Å². The Hall–Kier alpha value is -1.66. The average molecular weight is 435 g/mol. The zero-order chi connectivity index (χ0) is 22.7. The van der Waals surface area contributed by atoms with Gasteiger partial charge in [-0.05, 0) is 42.6 Å². The van der Waals surface area contributed by atoms with Crippen molar-refractivity contribution in [2.75, 3.05) is 6.61 Å². The Morgan fingerprint density at radius 1 is 1.26 bits per heavy atom. The summed E-state index contributed by atoms with van der Waals surface area (Å²) in [7, 11) is 0. The minimum Gasteiger partial charge on any atom is -0.462 e. The van der Waals surface area contributed by atoms with Crippen LogP contribution in [-0.4, -0.2) is 47.1 Å². The first kappa shape index (κ1) is 24.0. The molecule has 6 heteroatoms. The number of carbonyl (C=O) groups is 2. The van der Waals surface area contributed by atoms with E-state index in [4.69, 9.17) is 9.47 Å². The molecule has 1 fully saturated rings. The highest BCUT2D eigenvalue weighted by atomic mass is 16.6. The number of hydrogen-bond donors (Lipinski definition) is 2. The molecular formula is C25H38O6. The van der Waals surface area contributed by atoms with Crippen molar-refractivity contribution < 1.29 is 29.3 Å². The molecule has 3 aliphatic rings. The molecule has 0 bridgehead atoms. The van der Waals surface area contributed by atoms with Gasteiger partial charge in [0.25, 0.3) is 0 Å². The van der Waals surface area contributed by atoms with Crippen LogP contribution in [0.5, 0.6) is 0 Å². The van der Waals surface area contributed by atoms with Crippen molar-refractivity contribution in [3.05, 3.63) is 23.8 Å². The Bertz CT molecular complexity index is 713. The fraction of sp³-hybridized carbons (Fsp3) is 0.760. The molecule has 0 spiro atoms. The maximum atomic E-state index is 12.7. The van der Waals surface area contributed by atoms with Crippen LogP contribution in [-0.2, 0) is 19.1 Å². The summed E-state index contributed by atoms with van der Waals surface area (Å²) in [6.45, 7) is 8.05. The number of rotatable bonds is 7. The number of esters is 2. The molecule has 31 heavy (non-hydrogen) atoms. The first-order chi connectivity index (χ1) is 14.7. The first-order valence-corrected chi connectivity index (χ1v) is 11.8. The van der Waals surface area contributed by atoms with Gasteiger partial charge in [0.1, 0.15) is 12.2 Å². The van der Waals surface area contributed by atoms with E-state index >= 15 is 0 Å². The van der Waals surface area contributed by atoms with Crippen molar-refractivity contribution in [2.45, 2.75) is 78.1 Å². The number of cyclic esters (lactones) is 1. The van der Waals surface area contributed by atoms with Gasteiger partial charge in [-0.3, -0.25) is 9.59 Å². The maximum Gasteiger partial charge on any atom is 0.308 e. The molecule has 9 atom stereocenters. The van der Waals surface area contributed by atoms with Crippen molar-refractivity contribution in [2.24, 2.45) is 35.5 Å². The predicted molar refractivity (Wildman–Crippen MR) is 117 cm³/mol. The van der Waals surface area contributed by atoms with Crippen molar-refractivity contribution in [3.63, 3.8) is 0 Å². The lowest BCUT2D eigenvalue weighted by Gasteiger charge is -2.46. The van der Waals surface area contributed by atoms with Crippen molar-refractivity contribution in [1.29, 1.82) is 0 Å². The lowest BCUT2D eigenvalue weighted by Crippen LogP contribution is -2.48. The third-order valence-electron chi connectivity index (χ3n) is 7.56. The van der Waals surface area contributed by atoms with E-state index in [9.17, 15) is 19.8 Å². The maximum absolute atomic E-state index is 12.7. The van der Waals surface area contributed by atoms with Crippen molar-refractivity contribution in [1.82, 2.24) is 0 Å². The fourth-order valence-electron chi connectivity index (χ4n) is 5.39. The molecule has 0 saturated carbocycles. The molecule has 0 radical (unpaired) electrons. The zero-order valence-electron chi connectivity index (χ0n) is 19.2. The number of ether oxygens (including phenoxy) is 2. The molecule has 1 heterocycles. The van der Waals surface area contributed by atoms with E-state index in [1.807, 2.05) is 13.8 Å². The van der Waals surface area contributed by atoms with E-state index in [1.54, 1.807) is 0 Å². The van der Waals surface area contributed by atoms with Crippen LogP contribution in [0.3, 0.4) is 0 Å². The molecule has 174 valence electrons. The molecule has 0 amide bonds. The van der Waals surface area contributed by atoms with Gasteiger partial charge in [0, 0.05) is 24.9 Å². The van der Waals surface area contributed by atoms with E-state index in [2.05, 4.69) is 32.1 Å². The number of aliphatic hydroxyl groups is 2. The second-order valence-electron chi connectivity index (χ2n) is 9.77. The summed E-state index contributed by atoms with van der Waals surface area (Å²) in [4.78, 5) is 24.4. The summed E-state index contributed by atoms with van der Waals surface area (Å²) in [6.07, 6.45) is 7.98. The van der Waals surface area contributed by atoms with Gasteiger partial charge in [-0.25, -0.2) is 0 Å². The fourth-order valence-corrected chi connectivity index (χ4v) is 5.39. The Labute approximate surface area is 185 Å². The van der Waals surface area contributed by atoms with Crippen molar-refractivity contribution in [3.8, 4) is 0 Å². The highest BCUT2D eigenvalue weighted by Crippen LogP contribution is 2.47. The Balaban J connectivity index is 1.82. The third kappa shape index (κ3) is 5.40. The summed E-state index contributed by atoms with van der Waals surface area (Å²) in [6, 6.07) is 0. The van der Waals surface area contributed by atoms with Gasteiger partial charge < -0.3 is 19.7 Å². The van der Waals surface area contributed by atoms with Crippen LogP contribution < -0.4 is 0 Å². The van der Waals surface area contributed by atoms with Crippen LogP contribution in [0.1, 0.15) is 59.8 Å². The van der Waals surface area contributed by atoms with Gasteiger partial charge in [-0.15, -0.1) is 0 Å². The molecule has 1 saturated heterocycles. The summed E-state index contributed by atoms with van der Waals surface area (Å²) in [5.41, 5.74) is 1.17.